The molecule has 0 rings (SSSR count). The molecule has 60 heavy (non-hydrogen) atoms. The van der Waals surface area contributed by atoms with E-state index in [4.69, 9.17) is 23.7 Å². The SMILES string of the molecule is CC/C=C\CCCCOC(CCCCCCCN(CCO)CCCCCCOC(=O)CCC(OCCCCCCCC)OCCCCCCCC)OCCCC/C=C\CC. The predicted molar refractivity (Wildman–Crippen MR) is 255 cm³/mol. The van der Waals surface area contributed by atoms with Gasteiger partial charge in [0.1, 0.15) is 0 Å². The van der Waals surface area contributed by atoms with Crippen LogP contribution in [0.4, 0.5) is 0 Å². The van der Waals surface area contributed by atoms with Crippen LogP contribution >= 0.6 is 0 Å². The van der Waals surface area contributed by atoms with Crippen LogP contribution in [-0.4, -0.2) is 87.8 Å². The van der Waals surface area contributed by atoms with Crippen LogP contribution in [0.1, 0.15) is 233 Å². The number of allylic oxidation sites excluding steroid dienone is 4. The topological polar surface area (TPSA) is 86.7 Å². The molecule has 0 aliphatic rings. The number of ether oxygens (including phenoxy) is 5. The third-order valence-corrected chi connectivity index (χ3v) is 11.1. The second-order valence-electron chi connectivity index (χ2n) is 16.9. The standard InChI is InChI=1S/C52H101NO7/c1-5-9-13-17-25-34-46-57-51(58-47-35-26-18-14-10-6-2)38-30-22-21-23-31-41-53(43-44-54)42-32-24-29-33-45-56-50(55)39-40-52(59-48-36-27-19-15-11-7-3)60-49-37-28-20-16-12-8-4/h9-10,13-14,51-52,54H,5-8,11-12,15-49H2,1-4H3/b13-9-,14-10-. The van der Waals surface area contributed by atoms with E-state index in [0.29, 0.717) is 32.7 Å². The van der Waals surface area contributed by atoms with E-state index < -0.39 is 0 Å². The van der Waals surface area contributed by atoms with Gasteiger partial charge < -0.3 is 33.7 Å². The van der Waals surface area contributed by atoms with Crippen LogP contribution in [0.3, 0.4) is 0 Å². The molecule has 0 fully saturated rings. The summed E-state index contributed by atoms with van der Waals surface area (Å²) in [5.41, 5.74) is 0. The molecule has 356 valence electrons. The number of nitrogens with zero attached hydrogens (tertiary/aromatic N) is 1. The van der Waals surface area contributed by atoms with Gasteiger partial charge in [-0.05, 0) is 109 Å². The maximum atomic E-state index is 12.6. The van der Waals surface area contributed by atoms with Gasteiger partial charge in [-0.3, -0.25) is 4.79 Å². The van der Waals surface area contributed by atoms with E-state index in [0.717, 1.165) is 123 Å². The number of unbranched alkanes of at least 4 members (excludes halogenated alkanes) is 21. The Morgan fingerprint density at radius 2 is 0.850 bits per heavy atom. The summed E-state index contributed by atoms with van der Waals surface area (Å²) in [5, 5.41) is 9.66. The molecule has 0 aromatic heterocycles. The van der Waals surface area contributed by atoms with Crippen molar-refractivity contribution in [2.45, 2.75) is 246 Å². The van der Waals surface area contributed by atoms with E-state index in [1.807, 2.05) is 0 Å². The molecule has 8 nitrogen and oxygen atoms in total. The van der Waals surface area contributed by atoms with Crippen molar-refractivity contribution in [3.8, 4) is 0 Å². The summed E-state index contributed by atoms with van der Waals surface area (Å²) in [6.07, 6.45) is 44.4. The molecule has 0 aromatic rings. The molecule has 0 atom stereocenters. The maximum absolute atomic E-state index is 12.6. The third-order valence-electron chi connectivity index (χ3n) is 11.1. The predicted octanol–water partition coefficient (Wildman–Crippen LogP) is 14.2. The van der Waals surface area contributed by atoms with Crippen LogP contribution in [-0.2, 0) is 28.5 Å². The second kappa shape index (κ2) is 50.4. The maximum Gasteiger partial charge on any atom is 0.305 e. The molecule has 0 aliphatic carbocycles. The van der Waals surface area contributed by atoms with Crippen molar-refractivity contribution in [3.63, 3.8) is 0 Å². The van der Waals surface area contributed by atoms with Crippen molar-refractivity contribution in [1.29, 1.82) is 0 Å². The first kappa shape index (κ1) is 58.7. The Bertz CT molecular complexity index is 858. The van der Waals surface area contributed by atoms with Crippen molar-refractivity contribution in [2.75, 3.05) is 59.3 Å². The van der Waals surface area contributed by atoms with Crippen LogP contribution < -0.4 is 0 Å². The molecule has 8 heteroatoms. The molecule has 0 amide bonds. The van der Waals surface area contributed by atoms with Gasteiger partial charge in [-0.1, -0.05) is 148 Å². The first-order chi connectivity index (χ1) is 29.6. The smallest absolute Gasteiger partial charge is 0.305 e. The molecule has 1 N–H and O–H groups in total. The Morgan fingerprint density at radius 3 is 1.32 bits per heavy atom. The molecule has 0 bridgehead atoms. The average molecular weight is 852 g/mol. The molecule has 0 aromatic carbocycles. The number of carbonyl (C=O) groups is 1. The number of aliphatic hydroxyl groups excluding tert-OH is 1. The van der Waals surface area contributed by atoms with Crippen LogP contribution in [0.5, 0.6) is 0 Å². The Balaban J connectivity index is 4.24. The van der Waals surface area contributed by atoms with Gasteiger partial charge in [-0.2, -0.15) is 0 Å². The summed E-state index contributed by atoms with van der Waals surface area (Å²) in [6.45, 7) is 15.3. The van der Waals surface area contributed by atoms with Crippen molar-refractivity contribution in [1.82, 2.24) is 4.90 Å². The summed E-state index contributed by atoms with van der Waals surface area (Å²) in [5.74, 6) is -0.148. The highest BCUT2D eigenvalue weighted by molar-refractivity contribution is 5.69. The quantitative estimate of drug-likeness (QED) is 0.0280. The second-order valence-corrected chi connectivity index (χ2v) is 16.9. The zero-order valence-electron chi connectivity index (χ0n) is 40.3. The van der Waals surface area contributed by atoms with Crippen LogP contribution in [0.15, 0.2) is 24.3 Å². The van der Waals surface area contributed by atoms with Gasteiger partial charge in [-0.25, -0.2) is 0 Å². The Labute approximate surface area is 372 Å². The van der Waals surface area contributed by atoms with Crippen molar-refractivity contribution in [3.05, 3.63) is 24.3 Å². The van der Waals surface area contributed by atoms with Crippen LogP contribution in [0.25, 0.3) is 0 Å². The first-order valence-electron chi connectivity index (χ1n) is 25.9. The molecule has 0 radical (unpaired) electrons. The fourth-order valence-corrected chi connectivity index (χ4v) is 7.29. The number of hydrogen-bond acceptors (Lipinski definition) is 8. The van der Waals surface area contributed by atoms with Crippen molar-refractivity contribution >= 4 is 5.97 Å². The minimum atomic E-state index is -0.320. The van der Waals surface area contributed by atoms with E-state index in [2.05, 4.69) is 56.9 Å². The first-order valence-corrected chi connectivity index (χ1v) is 25.9. The Hall–Kier alpha value is -1.29. The summed E-state index contributed by atoms with van der Waals surface area (Å²) in [6, 6.07) is 0. The molecule has 0 unspecified atom stereocenters. The highest BCUT2D eigenvalue weighted by atomic mass is 16.7. The molecular weight excluding hydrogens is 751 g/mol. The van der Waals surface area contributed by atoms with Gasteiger partial charge in [0.15, 0.2) is 12.6 Å². The third kappa shape index (κ3) is 44.8. The zero-order valence-corrected chi connectivity index (χ0v) is 40.3. The highest BCUT2D eigenvalue weighted by Gasteiger charge is 2.14. The summed E-state index contributed by atoms with van der Waals surface area (Å²) < 4.78 is 30.2. The Kier molecular flexibility index (Phi) is 49.3. The van der Waals surface area contributed by atoms with Gasteiger partial charge in [0.25, 0.3) is 0 Å². The molecular formula is C52H101NO7. The number of rotatable bonds is 50. The minimum Gasteiger partial charge on any atom is -0.466 e. The lowest BCUT2D eigenvalue weighted by Crippen LogP contribution is -2.29. The normalized spacial score (nSPS) is 12.1. The monoisotopic (exact) mass is 852 g/mol. The summed E-state index contributed by atoms with van der Waals surface area (Å²) in [7, 11) is 0. The zero-order chi connectivity index (χ0) is 43.7. The van der Waals surface area contributed by atoms with E-state index in [9.17, 15) is 9.90 Å². The molecule has 0 aliphatic heterocycles. The number of aliphatic hydroxyl groups is 1. The fraction of sp³-hybridized carbons (Fsp3) is 0.904. The van der Waals surface area contributed by atoms with E-state index in [-0.39, 0.29) is 25.2 Å². The largest absolute Gasteiger partial charge is 0.466 e. The number of esters is 1. The Morgan fingerprint density at radius 1 is 0.450 bits per heavy atom. The average Bonchev–Trinajstić information content (AvgIpc) is 3.25. The van der Waals surface area contributed by atoms with Gasteiger partial charge in [0.2, 0.25) is 0 Å². The lowest BCUT2D eigenvalue weighted by atomic mass is 10.1. The van der Waals surface area contributed by atoms with Gasteiger partial charge in [-0.15, -0.1) is 0 Å². The lowest BCUT2D eigenvalue weighted by molar-refractivity contribution is -0.159. The van der Waals surface area contributed by atoms with Crippen LogP contribution in [0, 0.1) is 0 Å². The van der Waals surface area contributed by atoms with E-state index in [1.54, 1.807) is 0 Å². The number of carbonyl (C=O) groups excluding carboxylic acids is 1. The van der Waals surface area contributed by atoms with Crippen molar-refractivity contribution < 1.29 is 33.6 Å². The summed E-state index contributed by atoms with van der Waals surface area (Å²) >= 11 is 0. The van der Waals surface area contributed by atoms with Gasteiger partial charge in [0, 0.05) is 39.4 Å². The summed E-state index contributed by atoms with van der Waals surface area (Å²) in [4.78, 5) is 15.0. The fourth-order valence-electron chi connectivity index (χ4n) is 7.29. The van der Waals surface area contributed by atoms with E-state index >= 15 is 0 Å². The van der Waals surface area contributed by atoms with Crippen LogP contribution in [0.2, 0.25) is 0 Å². The molecule has 0 saturated carbocycles. The van der Waals surface area contributed by atoms with Gasteiger partial charge in [0.05, 0.1) is 19.6 Å². The highest BCUT2D eigenvalue weighted by Crippen LogP contribution is 2.15. The minimum absolute atomic E-state index is 0.0776. The lowest BCUT2D eigenvalue weighted by Gasteiger charge is -2.21. The molecule has 0 heterocycles. The van der Waals surface area contributed by atoms with Crippen molar-refractivity contribution in [2.24, 2.45) is 0 Å². The van der Waals surface area contributed by atoms with E-state index in [1.165, 1.54) is 103 Å². The molecule has 0 saturated heterocycles. The molecule has 0 spiro atoms. The number of hydrogen-bond donors (Lipinski definition) is 1. The van der Waals surface area contributed by atoms with Gasteiger partial charge >= 0.3 is 5.97 Å².